The number of rotatable bonds is 3. The molecule has 0 spiro atoms. The maximum atomic E-state index is 12.4. The van der Waals surface area contributed by atoms with Crippen molar-refractivity contribution in [2.45, 2.75) is 13.8 Å². The normalized spacial score (nSPS) is 11.8. The fourth-order valence-electron chi connectivity index (χ4n) is 3.29. The minimum atomic E-state index is -0.326. The van der Waals surface area contributed by atoms with Crippen molar-refractivity contribution in [3.63, 3.8) is 0 Å². The lowest BCUT2D eigenvalue weighted by molar-refractivity contribution is 0.101. The molecule has 0 fully saturated rings. The van der Waals surface area contributed by atoms with Crippen LogP contribution in [-0.4, -0.2) is 11.6 Å². The van der Waals surface area contributed by atoms with Crippen LogP contribution >= 0.6 is 10.5 Å². The Balaban J connectivity index is 2.27. The Morgan fingerprint density at radius 1 is 0.760 bits per heavy atom. The fourth-order valence-corrected chi connectivity index (χ4v) is 5.85. The van der Waals surface area contributed by atoms with Gasteiger partial charge in [0.05, 0.1) is 5.56 Å². The molecule has 0 aliphatic carbocycles. The van der Waals surface area contributed by atoms with Gasteiger partial charge in [-0.1, -0.05) is 30.3 Å². The lowest BCUT2D eigenvalue weighted by Gasteiger charge is -2.01. The Hall–Kier alpha value is -2.78. The molecule has 25 heavy (non-hydrogen) atoms. The number of ketones is 2. The van der Waals surface area contributed by atoms with Gasteiger partial charge in [0.2, 0.25) is 0 Å². The van der Waals surface area contributed by atoms with Crippen LogP contribution in [0, 0.1) is 0 Å². The summed E-state index contributed by atoms with van der Waals surface area (Å²) in [6.45, 7) is 3.12. The summed E-state index contributed by atoms with van der Waals surface area (Å²) in [5.74, 6) is -0.0186. The molecule has 0 saturated carbocycles. The van der Waals surface area contributed by atoms with Gasteiger partial charge >= 0.3 is 0 Å². The number of hydrogen-bond acceptors (Lipinski definition) is 2. The van der Waals surface area contributed by atoms with E-state index in [1.165, 1.54) is 9.60 Å². The Morgan fingerprint density at radius 3 is 2.12 bits per heavy atom. The minimum Gasteiger partial charge on any atom is -0.295 e. The Kier molecular flexibility index (Phi) is 3.74. The van der Waals surface area contributed by atoms with Gasteiger partial charge in [-0.3, -0.25) is 9.59 Å². The molecule has 0 radical (unpaired) electrons. The molecule has 1 unspecified atom stereocenters. The van der Waals surface area contributed by atoms with Gasteiger partial charge in [-0.05, 0) is 50.2 Å². The molecule has 0 saturated heterocycles. The highest BCUT2D eigenvalue weighted by molar-refractivity contribution is 7.50. The van der Waals surface area contributed by atoms with Crippen molar-refractivity contribution in [2.75, 3.05) is 0 Å². The van der Waals surface area contributed by atoms with Gasteiger partial charge in [-0.15, -0.1) is 0 Å². The molecule has 4 aromatic rings. The van der Waals surface area contributed by atoms with E-state index in [1.54, 1.807) is 19.9 Å². The van der Waals surface area contributed by atoms with Gasteiger partial charge < -0.3 is 0 Å². The number of carbonyl (C=O) groups excluding carboxylic acids is 2. The summed E-state index contributed by atoms with van der Waals surface area (Å²) in [5, 5.41) is 2.14. The third-order valence-electron chi connectivity index (χ3n) is 4.45. The van der Waals surface area contributed by atoms with Crippen LogP contribution in [-0.2, 0) is 0 Å². The average molecular weight is 345 g/mol. The van der Waals surface area contributed by atoms with Gasteiger partial charge in [-0.25, -0.2) is 0 Å². The molecule has 0 aliphatic rings. The molecular formula is C22H17O2S+. The quantitative estimate of drug-likeness (QED) is 0.330. The minimum absolute atomic E-state index is 0.000544. The SMILES string of the molecule is CC(=O)c1cc(C(C)=O)c2c(c1)c1ccccc1[s+]2-c1ccccc1. The summed E-state index contributed by atoms with van der Waals surface area (Å²) in [5.41, 5.74) is 1.25. The first-order valence-electron chi connectivity index (χ1n) is 8.16. The van der Waals surface area contributed by atoms with E-state index < -0.39 is 0 Å². The molecular weight excluding hydrogens is 328 g/mol. The summed E-state index contributed by atoms with van der Waals surface area (Å²) in [4.78, 5) is 25.6. The zero-order valence-electron chi connectivity index (χ0n) is 14.1. The standard InChI is InChI=1S/C22H17O2S/c1-14(23)16-12-19(15(2)24)22-20(13-16)18-10-6-7-11-21(18)25(22)17-8-4-3-5-9-17/h3-13H,1-2H3/q+1. The van der Waals surface area contributed by atoms with Crippen LogP contribution in [0.25, 0.3) is 25.1 Å². The van der Waals surface area contributed by atoms with E-state index >= 15 is 0 Å². The number of fused-ring (bicyclic) bond motifs is 3. The molecule has 0 aliphatic heterocycles. The third kappa shape index (κ3) is 2.48. The van der Waals surface area contributed by atoms with Crippen molar-refractivity contribution in [3.05, 3.63) is 77.9 Å². The Morgan fingerprint density at radius 2 is 1.44 bits per heavy atom. The van der Waals surface area contributed by atoms with Crippen molar-refractivity contribution in [1.82, 2.24) is 0 Å². The van der Waals surface area contributed by atoms with E-state index in [4.69, 9.17) is 0 Å². The molecule has 0 amide bonds. The highest BCUT2D eigenvalue weighted by Gasteiger charge is 2.28. The second-order valence-corrected chi connectivity index (χ2v) is 8.06. The average Bonchev–Trinajstić information content (AvgIpc) is 2.96. The van der Waals surface area contributed by atoms with Gasteiger partial charge in [0, 0.05) is 26.8 Å². The molecule has 3 heteroatoms. The predicted octanol–water partition coefficient (Wildman–Crippen LogP) is 6.14. The van der Waals surface area contributed by atoms with Crippen molar-refractivity contribution in [1.29, 1.82) is 0 Å². The van der Waals surface area contributed by atoms with E-state index in [0.717, 1.165) is 15.5 Å². The van der Waals surface area contributed by atoms with E-state index in [-0.39, 0.29) is 22.0 Å². The number of thiophene rings is 1. The van der Waals surface area contributed by atoms with Crippen molar-refractivity contribution in [3.8, 4) is 4.90 Å². The van der Waals surface area contributed by atoms with Gasteiger partial charge in [0.15, 0.2) is 25.9 Å². The lowest BCUT2D eigenvalue weighted by Crippen LogP contribution is -1.98. The summed E-state index contributed by atoms with van der Waals surface area (Å²) in [6.07, 6.45) is 0. The van der Waals surface area contributed by atoms with Crippen molar-refractivity contribution >= 4 is 42.2 Å². The van der Waals surface area contributed by atoms with E-state index in [9.17, 15) is 9.59 Å². The second kappa shape index (κ2) is 5.94. The number of hydrogen-bond donors (Lipinski definition) is 0. The van der Waals surface area contributed by atoms with Crippen LogP contribution in [0.2, 0.25) is 0 Å². The van der Waals surface area contributed by atoms with Gasteiger partial charge in [0.25, 0.3) is 0 Å². The van der Waals surface area contributed by atoms with Gasteiger partial charge in [-0.2, -0.15) is 0 Å². The van der Waals surface area contributed by atoms with Crippen LogP contribution < -0.4 is 0 Å². The molecule has 4 rings (SSSR count). The third-order valence-corrected chi connectivity index (χ3v) is 6.84. The lowest BCUT2D eigenvalue weighted by atomic mass is 10.0. The monoisotopic (exact) mass is 345 g/mol. The maximum Gasteiger partial charge on any atom is 0.198 e. The zero-order chi connectivity index (χ0) is 17.6. The fraction of sp³-hybridized carbons (Fsp3) is 0.0909. The van der Waals surface area contributed by atoms with Crippen LogP contribution in [0.5, 0.6) is 0 Å². The topological polar surface area (TPSA) is 34.1 Å². The second-order valence-electron chi connectivity index (χ2n) is 6.13. The summed E-state index contributed by atoms with van der Waals surface area (Å²) < 4.78 is 2.26. The molecule has 3 aromatic carbocycles. The molecule has 0 N–H and O–H groups in total. The molecule has 122 valence electrons. The van der Waals surface area contributed by atoms with E-state index in [2.05, 4.69) is 24.3 Å². The van der Waals surface area contributed by atoms with Crippen LogP contribution in [0.3, 0.4) is 0 Å². The first-order valence-corrected chi connectivity index (χ1v) is 9.39. The first kappa shape index (κ1) is 15.7. The number of carbonyl (C=O) groups is 2. The molecule has 2 nitrogen and oxygen atoms in total. The predicted molar refractivity (Wildman–Crippen MR) is 105 cm³/mol. The largest absolute Gasteiger partial charge is 0.295 e. The molecule has 0 bridgehead atoms. The van der Waals surface area contributed by atoms with Crippen LogP contribution in [0.1, 0.15) is 34.6 Å². The Bertz CT molecular complexity index is 1140. The molecule has 1 heterocycles. The molecule has 1 aromatic heterocycles. The maximum absolute atomic E-state index is 12.4. The number of benzene rings is 3. The Labute approximate surface area is 148 Å². The van der Waals surface area contributed by atoms with Gasteiger partial charge in [0.1, 0.15) is 0 Å². The van der Waals surface area contributed by atoms with Crippen LogP contribution in [0.4, 0.5) is 0 Å². The highest BCUT2D eigenvalue weighted by Crippen LogP contribution is 2.49. The first-order chi connectivity index (χ1) is 12.1. The van der Waals surface area contributed by atoms with Crippen molar-refractivity contribution < 1.29 is 9.59 Å². The zero-order valence-corrected chi connectivity index (χ0v) is 14.9. The summed E-state index contributed by atoms with van der Waals surface area (Å²) in [6, 6.07) is 22.2. The molecule has 1 atom stereocenters. The van der Waals surface area contributed by atoms with Crippen LogP contribution in [0.15, 0.2) is 66.7 Å². The van der Waals surface area contributed by atoms with Crippen molar-refractivity contribution in [2.24, 2.45) is 0 Å². The van der Waals surface area contributed by atoms with E-state index in [0.29, 0.717) is 11.1 Å². The smallest absolute Gasteiger partial charge is 0.198 e. The van der Waals surface area contributed by atoms with E-state index in [1.807, 2.05) is 36.4 Å². The number of Topliss-reactive ketones (excluding diaryl/α,β-unsaturated/α-hetero) is 2. The summed E-state index contributed by atoms with van der Waals surface area (Å²) in [7, 11) is -0.326. The highest BCUT2D eigenvalue weighted by atomic mass is 32.2. The summed E-state index contributed by atoms with van der Waals surface area (Å²) >= 11 is 0.